The molecule has 0 aliphatic carbocycles. The van der Waals surface area contributed by atoms with Gasteiger partial charge in [-0.2, -0.15) is 0 Å². The Balaban J connectivity index is 2.41. The topological polar surface area (TPSA) is 60.4 Å². The number of aromatic nitrogens is 2. The van der Waals surface area contributed by atoms with Crippen LogP contribution in [0.5, 0.6) is 0 Å². The van der Waals surface area contributed by atoms with Gasteiger partial charge in [0.05, 0.1) is 16.0 Å². The molecule has 2 heterocycles. The van der Waals surface area contributed by atoms with Crippen molar-refractivity contribution >= 4 is 33.0 Å². The van der Waals surface area contributed by atoms with Crippen LogP contribution >= 0.6 is 11.3 Å². The van der Waals surface area contributed by atoms with Crippen molar-refractivity contribution in [2.24, 2.45) is 0 Å². The van der Waals surface area contributed by atoms with Crippen molar-refractivity contribution in [3.05, 3.63) is 39.4 Å². The molecule has 3 aromatic rings. The van der Waals surface area contributed by atoms with Gasteiger partial charge in [-0.05, 0) is 13.0 Å². The highest BCUT2D eigenvalue weighted by molar-refractivity contribution is 7.17. The van der Waals surface area contributed by atoms with E-state index in [9.17, 15) is 10.1 Å². The van der Waals surface area contributed by atoms with Crippen molar-refractivity contribution in [2.75, 3.05) is 0 Å². The molecule has 0 saturated carbocycles. The lowest BCUT2D eigenvalue weighted by molar-refractivity contribution is -0.384. The number of rotatable bonds is 1. The van der Waals surface area contributed by atoms with Gasteiger partial charge in [-0.15, -0.1) is 11.3 Å². The van der Waals surface area contributed by atoms with Crippen LogP contribution in [0.3, 0.4) is 0 Å². The molecule has 1 aromatic carbocycles. The standard InChI is InChI=1S/C10H7N3O2S/c1-6-5-12-9-4-7(13(14)15)2-3-8(9)11-10(12)16-6/h2-5H,1H3. The zero-order valence-corrected chi connectivity index (χ0v) is 9.19. The second-order valence-electron chi connectivity index (χ2n) is 3.54. The van der Waals surface area contributed by atoms with Crippen LogP contribution in [0.4, 0.5) is 5.69 Å². The molecule has 0 N–H and O–H groups in total. The van der Waals surface area contributed by atoms with Crippen molar-refractivity contribution < 1.29 is 4.92 Å². The number of nitrogens with zero attached hydrogens (tertiary/aromatic N) is 3. The van der Waals surface area contributed by atoms with Crippen molar-refractivity contribution in [3.63, 3.8) is 0 Å². The lowest BCUT2D eigenvalue weighted by Gasteiger charge is -1.91. The van der Waals surface area contributed by atoms with Crippen LogP contribution in [0, 0.1) is 17.0 Å². The SMILES string of the molecule is Cc1cn2c(nc3ccc([N+](=O)[O-])cc32)s1. The highest BCUT2D eigenvalue weighted by atomic mass is 32.1. The van der Waals surface area contributed by atoms with Crippen molar-refractivity contribution in [1.82, 2.24) is 9.38 Å². The minimum atomic E-state index is -0.391. The number of aryl methyl sites for hydroxylation is 1. The molecule has 0 amide bonds. The van der Waals surface area contributed by atoms with Gasteiger partial charge < -0.3 is 0 Å². The molecular weight excluding hydrogens is 226 g/mol. The molecule has 5 nitrogen and oxygen atoms in total. The molecule has 0 atom stereocenters. The first kappa shape index (κ1) is 9.29. The van der Waals surface area contributed by atoms with Crippen LogP contribution in [0.2, 0.25) is 0 Å². The fraction of sp³-hybridized carbons (Fsp3) is 0.100. The Hall–Kier alpha value is -1.95. The Morgan fingerprint density at radius 2 is 2.31 bits per heavy atom. The number of imidazole rings is 1. The van der Waals surface area contributed by atoms with Gasteiger partial charge >= 0.3 is 0 Å². The number of thiazole rings is 1. The first-order chi connectivity index (χ1) is 7.65. The molecule has 0 spiro atoms. The molecule has 0 aliphatic rings. The smallest absolute Gasteiger partial charge is 0.271 e. The predicted molar refractivity (Wildman–Crippen MR) is 62.0 cm³/mol. The summed E-state index contributed by atoms with van der Waals surface area (Å²) in [7, 11) is 0. The Kier molecular flexibility index (Phi) is 1.75. The van der Waals surface area contributed by atoms with Crippen LogP contribution in [0.1, 0.15) is 4.88 Å². The average Bonchev–Trinajstić information content (AvgIpc) is 2.72. The predicted octanol–water partition coefficient (Wildman–Crippen LogP) is 2.77. The van der Waals surface area contributed by atoms with Gasteiger partial charge in [0.2, 0.25) is 0 Å². The minimum Gasteiger partial charge on any atom is -0.290 e. The Labute approximate surface area is 94.1 Å². The maximum absolute atomic E-state index is 10.7. The molecule has 0 unspecified atom stereocenters. The molecule has 0 radical (unpaired) electrons. The number of hydrogen-bond acceptors (Lipinski definition) is 4. The Bertz CT molecular complexity index is 713. The normalized spacial score (nSPS) is 11.3. The summed E-state index contributed by atoms with van der Waals surface area (Å²) in [6.07, 6.45) is 1.94. The molecule has 0 fully saturated rings. The molecule has 6 heteroatoms. The van der Waals surface area contributed by atoms with E-state index in [4.69, 9.17) is 0 Å². The van der Waals surface area contributed by atoms with Gasteiger partial charge in [-0.25, -0.2) is 4.98 Å². The van der Waals surface area contributed by atoms with E-state index in [2.05, 4.69) is 4.98 Å². The third-order valence-corrected chi connectivity index (χ3v) is 3.31. The highest BCUT2D eigenvalue weighted by Gasteiger charge is 2.11. The van der Waals surface area contributed by atoms with Crippen LogP contribution in [-0.4, -0.2) is 14.3 Å². The monoisotopic (exact) mass is 233 g/mol. The number of benzene rings is 1. The fourth-order valence-corrected chi connectivity index (χ4v) is 2.56. The van der Waals surface area contributed by atoms with E-state index < -0.39 is 4.92 Å². The van der Waals surface area contributed by atoms with Crippen molar-refractivity contribution in [2.45, 2.75) is 6.92 Å². The van der Waals surface area contributed by atoms with Gasteiger partial charge in [0, 0.05) is 23.2 Å². The summed E-state index contributed by atoms with van der Waals surface area (Å²) in [4.78, 5) is 16.7. The second-order valence-corrected chi connectivity index (χ2v) is 4.75. The third-order valence-electron chi connectivity index (χ3n) is 2.41. The number of nitro groups is 1. The second kappa shape index (κ2) is 3.02. The van der Waals surface area contributed by atoms with E-state index in [1.54, 1.807) is 23.5 Å². The van der Waals surface area contributed by atoms with Crippen molar-refractivity contribution in [3.8, 4) is 0 Å². The highest BCUT2D eigenvalue weighted by Crippen LogP contribution is 2.25. The lowest BCUT2D eigenvalue weighted by atomic mass is 10.3. The summed E-state index contributed by atoms with van der Waals surface area (Å²) in [5, 5.41) is 10.7. The summed E-state index contributed by atoms with van der Waals surface area (Å²) in [5.41, 5.74) is 1.67. The maximum atomic E-state index is 10.7. The van der Waals surface area contributed by atoms with E-state index in [0.717, 1.165) is 20.9 Å². The third kappa shape index (κ3) is 1.20. The van der Waals surface area contributed by atoms with Crippen LogP contribution < -0.4 is 0 Å². The summed E-state index contributed by atoms with van der Waals surface area (Å²) in [6, 6.07) is 4.72. The summed E-state index contributed by atoms with van der Waals surface area (Å²) >= 11 is 1.57. The van der Waals surface area contributed by atoms with Crippen LogP contribution in [0.15, 0.2) is 24.4 Å². The summed E-state index contributed by atoms with van der Waals surface area (Å²) in [6.45, 7) is 1.99. The zero-order chi connectivity index (χ0) is 11.3. The number of fused-ring (bicyclic) bond motifs is 3. The maximum Gasteiger partial charge on any atom is 0.271 e. The molecule has 0 saturated heterocycles. The fourth-order valence-electron chi connectivity index (χ4n) is 1.72. The molecule has 0 bridgehead atoms. The van der Waals surface area contributed by atoms with Gasteiger partial charge in [0.1, 0.15) is 0 Å². The van der Waals surface area contributed by atoms with Gasteiger partial charge in [0.25, 0.3) is 5.69 Å². The van der Waals surface area contributed by atoms with E-state index in [1.807, 2.05) is 17.5 Å². The molecular formula is C10H7N3O2S. The van der Waals surface area contributed by atoms with E-state index in [1.165, 1.54) is 6.07 Å². The quantitative estimate of drug-likeness (QED) is 0.479. The van der Waals surface area contributed by atoms with Crippen LogP contribution in [0.25, 0.3) is 16.0 Å². The molecule has 16 heavy (non-hydrogen) atoms. The number of nitro benzene ring substituents is 1. The van der Waals surface area contributed by atoms with Crippen LogP contribution in [-0.2, 0) is 0 Å². The molecule has 0 aliphatic heterocycles. The van der Waals surface area contributed by atoms with E-state index in [0.29, 0.717) is 0 Å². The molecule has 3 rings (SSSR count). The van der Waals surface area contributed by atoms with Crippen molar-refractivity contribution in [1.29, 1.82) is 0 Å². The largest absolute Gasteiger partial charge is 0.290 e. The van der Waals surface area contributed by atoms with E-state index >= 15 is 0 Å². The Morgan fingerprint density at radius 1 is 1.50 bits per heavy atom. The van der Waals surface area contributed by atoms with E-state index in [-0.39, 0.29) is 5.69 Å². The lowest BCUT2D eigenvalue weighted by Crippen LogP contribution is -1.87. The molecule has 80 valence electrons. The first-order valence-electron chi connectivity index (χ1n) is 4.68. The average molecular weight is 233 g/mol. The Morgan fingerprint density at radius 3 is 3.06 bits per heavy atom. The molecule has 2 aromatic heterocycles. The number of non-ortho nitro benzene ring substituents is 1. The summed E-state index contributed by atoms with van der Waals surface area (Å²) in [5.74, 6) is 0. The van der Waals surface area contributed by atoms with Gasteiger partial charge in [-0.1, -0.05) is 0 Å². The number of hydrogen-bond donors (Lipinski definition) is 0. The summed E-state index contributed by atoms with van der Waals surface area (Å²) < 4.78 is 1.89. The van der Waals surface area contributed by atoms with Gasteiger partial charge in [-0.3, -0.25) is 14.5 Å². The first-order valence-corrected chi connectivity index (χ1v) is 5.49. The van der Waals surface area contributed by atoms with Gasteiger partial charge in [0.15, 0.2) is 4.96 Å². The zero-order valence-electron chi connectivity index (χ0n) is 8.38. The minimum absolute atomic E-state index is 0.0955.